The number of aliphatic hydroxyl groups is 1. The second-order valence-corrected chi connectivity index (χ2v) is 8.67. The van der Waals surface area contributed by atoms with Gasteiger partial charge in [0.15, 0.2) is 17.0 Å². The van der Waals surface area contributed by atoms with E-state index in [1.54, 1.807) is 11.7 Å². The molecule has 4 heterocycles. The van der Waals surface area contributed by atoms with E-state index in [1.807, 2.05) is 43.3 Å². The van der Waals surface area contributed by atoms with Gasteiger partial charge in [0, 0.05) is 22.6 Å². The van der Waals surface area contributed by atoms with Crippen molar-refractivity contribution in [2.75, 3.05) is 6.61 Å². The van der Waals surface area contributed by atoms with Gasteiger partial charge in [-0.05, 0) is 17.8 Å². The van der Waals surface area contributed by atoms with Crippen LogP contribution >= 0.6 is 23.1 Å². The maximum atomic E-state index is 10.8. The lowest BCUT2D eigenvalue weighted by molar-refractivity contribution is -0.273. The highest BCUT2D eigenvalue weighted by Crippen LogP contribution is 2.42. The van der Waals surface area contributed by atoms with Crippen LogP contribution in [0.2, 0.25) is 0 Å². The standard InChI is InChI=1S/C20H18N2O4S2/c1-11-16(23)20(28-13-7-15-18(21-8-13)22-10-27-15)25-14-9-24-19(26-17(11)14)12-5-3-2-4-6-12/h2-8,10-11,14,17,19,23H,9H2,1H3/t11?,14?,17-,19?/m1/s1. The largest absolute Gasteiger partial charge is 0.507 e. The lowest BCUT2D eigenvalue weighted by atomic mass is 9.95. The van der Waals surface area contributed by atoms with Crippen LogP contribution in [0.1, 0.15) is 18.8 Å². The van der Waals surface area contributed by atoms with Crippen LogP contribution in [0.25, 0.3) is 10.3 Å². The van der Waals surface area contributed by atoms with Gasteiger partial charge in [0.2, 0.25) is 0 Å². The molecule has 3 unspecified atom stereocenters. The number of aromatic nitrogens is 2. The van der Waals surface area contributed by atoms with Gasteiger partial charge in [0.1, 0.15) is 18.0 Å². The van der Waals surface area contributed by atoms with E-state index in [9.17, 15) is 5.11 Å². The molecule has 6 nitrogen and oxygen atoms in total. The maximum Gasteiger partial charge on any atom is 0.196 e. The molecular formula is C20H18N2O4S2. The molecule has 0 radical (unpaired) electrons. The predicted molar refractivity (Wildman–Crippen MR) is 107 cm³/mol. The van der Waals surface area contributed by atoms with Gasteiger partial charge >= 0.3 is 0 Å². The minimum Gasteiger partial charge on any atom is -0.507 e. The van der Waals surface area contributed by atoms with E-state index in [1.165, 1.54) is 23.1 Å². The Morgan fingerprint density at radius 1 is 1.21 bits per heavy atom. The molecule has 4 atom stereocenters. The van der Waals surface area contributed by atoms with Crippen molar-refractivity contribution in [2.45, 2.75) is 30.3 Å². The summed E-state index contributed by atoms with van der Waals surface area (Å²) in [5.41, 5.74) is 3.46. The number of aliphatic hydroxyl groups excluding tert-OH is 1. The Bertz CT molecular complexity index is 1020. The third kappa shape index (κ3) is 3.26. The fraction of sp³-hybridized carbons (Fsp3) is 0.300. The van der Waals surface area contributed by atoms with E-state index in [0.29, 0.717) is 11.7 Å². The second-order valence-electron chi connectivity index (χ2n) is 6.74. The average molecular weight is 415 g/mol. The summed E-state index contributed by atoms with van der Waals surface area (Å²) in [5.74, 6) is 0.000759. The molecule has 8 heteroatoms. The minimum absolute atomic E-state index is 0.198. The normalized spacial score (nSPS) is 27.5. The Kier molecular flexibility index (Phi) is 4.72. The van der Waals surface area contributed by atoms with Crippen LogP contribution in [0.5, 0.6) is 0 Å². The van der Waals surface area contributed by atoms with Gasteiger partial charge in [-0.2, -0.15) is 0 Å². The number of hydrogen-bond acceptors (Lipinski definition) is 8. The van der Waals surface area contributed by atoms with Gasteiger partial charge in [-0.1, -0.05) is 37.3 Å². The first-order valence-corrected chi connectivity index (χ1v) is 10.7. The third-order valence-electron chi connectivity index (χ3n) is 4.90. The molecule has 0 bridgehead atoms. The number of nitrogens with zero attached hydrogens (tertiary/aromatic N) is 2. The lowest BCUT2D eigenvalue weighted by Crippen LogP contribution is -2.48. The molecule has 1 aromatic carbocycles. The zero-order valence-corrected chi connectivity index (χ0v) is 16.7. The number of fused-ring (bicyclic) bond motifs is 2. The molecule has 1 fully saturated rings. The number of thioether (sulfide) groups is 1. The van der Waals surface area contributed by atoms with Gasteiger partial charge in [-0.15, -0.1) is 11.3 Å². The predicted octanol–water partition coefficient (Wildman–Crippen LogP) is 4.66. The quantitative estimate of drug-likeness (QED) is 0.668. The highest BCUT2D eigenvalue weighted by molar-refractivity contribution is 8.03. The topological polar surface area (TPSA) is 73.7 Å². The van der Waals surface area contributed by atoms with Crippen LogP contribution < -0.4 is 0 Å². The summed E-state index contributed by atoms with van der Waals surface area (Å²) in [6.07, 6.45) is 0.749. The minimum atomic E-state index is -0.451. The Balaban J connectivity index is 1.36. The van der Waals surface area contributed by atoms with Gasteiger partial charge in [-0.3, -0.25) is 0 Å². The Morgan fingerprint density at radius 2 is 2.07 bits per heavy atom. The van der Waals surface area contributed by atoms with E-state index in [-0.39, 0.29) is 23.9 Å². The first kappa shape index (κ1) is 17.9. The zero-order chi connectivity index (χ0) is 19.1. The van der Waals surface area contributed by atoms with Crippen LogP contribution in [0.15, 0.2) is 63.9 Å². The SMILES string of the molecule is CC1C(O)=C(Sc2cnc3ncsc3c2)OC2COC(c3ccccc3)O[C@@H]21. The fourth-order valence-electron chi connectivity index (χ4n) is 3.39. The third-order valence-corrected chi connectivity index (χ3v) is 6.61. The molecule has 1 N–H and O–H groups in total. The lowest BCUT2D eigenvalue weighted by Gasteiger charge is -2.42. The first-order chi connectivity index (χ1) is 13.7. The van der Waals surface area contributed by atoms with Crippen LogP contribution in [0, 0.1) is 5.92 Å². The summed E-state index contributed by atoms with van der Waals surface area (Å²) in [6, 6.07) is 11.8. The molecule has 2 aliphatic heterocycles. The fourth-order valence-corrected chi connectivity index (χ4v) is 5.09. The number of hydrogen-bond donors (Lipinski definition) is 1. The van der Waals surface area contributed by atoms with E-state index >= 15 is 0 Å². The molecule has 2 aliphatic rings. The summed E-state index contributed by atoms with van der Waals surface area (Å²) < 4.78 is 19.1. The van der Waals surface area contributed by atoms with Crippen molar-refractivity contribution in [3.05, 3.63) is 64.5 Å². The smallest absolute Gasteiger partial charge is 0.196 e. The molecular weight excluding hydrogens is 396 g/mol. The molecule has 1 saturated heterocycles. The number of ether oxygens (including phenoxy) is 3. The van der Waals surface area contributed by atoms with Crippen molar-refractivity contribution < 1.29 is 19.3 Å². The summed E-state index contributed by atoms with van der Waals surface area (Å²) in [5, 5.41) is 11.2. The van der Waals surface area contributed by atoms with Crippen molar-refractivity contribution >= 4 is 33.4 Å². The monoisotopic (exact) mass is 414 g/mol. The van der Waals surface area contributed by atoms with Crippen molar-refractivity contribution in [1.29, 1.82) is 0 Å². The van der Waals surface area contributed by atoms with Crippen LogP contribution in [0.4, 0.5) is 0 Å². The van der Waals surface area contributed by atoms with Gasteiger partial charge in [0.25, 0.3) is 0 Å². The van der Waals surface area contributed by atoms with Crippen molar-refractivity contribution in [2.24, 2.45) is 5.92 Å². The van der Waals surface area contributed by atoms with Gasteiger partial charge < -0.3 is 19.3 Å². The van der Waals surface area contributed by atoms with E-state index in [4.69, 9.17) is 14.2 Å². The van der Waals surface area contributed by atoms with Crippen molar-refractivity contribution in [1.82, 2.24) is 9.97 Å². The summed E-state index contributed by atoms with van der Waals surface area (Å²) in [7, 11) is 0. The number of rotatable bonds is 3. The van der Waals surface area contributed by atoms with E-state index < -0.39 is 6.29 Å². The molecule has 144 valence electrons. The Hall–Kier alpha value is -2.13. The Morgan fingerprint density at radius 3 is 2.93 bits per heavy atom. The molecule has 0 aliphatic carbocycles. The maximum absolute atomic E-state index is 10.8. The molecule has 0 amide bonds. The highest BCUT2D eigenvalue weighted by atomic mass is 32.2. The van der Waals surface area contributed by atoms with Crippen LogP contribution in [-0.2, 0) is 14.2 Å². The summed E-state index contributed by atoms with van der Waals surface area (Å²) >= 11 is 2.90. The number of thiazole rings is 1. The van der Waals surface area contributed by atoms with Crippen molar-refractivity contribution in [3.8, 4) is 0 Å². The average Bonchev–Trinajstić information content (AvgIpc) is 3.20. The number of benzene rings is 1. The number of pyridine rings is 1. The summed E-state index contributed by atoms with van der Waals surface area (Å²) in [6.45, 7) is 2.35. The first-order valence-electron chi connectivity index (χ1n) is 8.98. The molecule has 0 saturated carbocycles. The molecule has 3 aromatic rings. The van der Waals surface area contributed by atoms with Crippen molar-refractivity contribution in [3.63, 3.8) is 0 Å². The Labute approximate surface area is 170 Å². The van der Waals surface area contributed by atoms with Gasteiger partial charge in [-0.25, -0.2) is 9.97 Å². The van der Waals surface area contributed by atoms with E-state index in [2.05, 4.69) is 9.97 Å². The molecule has 5 rings (SSSR count). The molecule has 2 aromatic heterocycles. The summed E-state index contributed by atoms with van der Waals surface area (Å²) in [4.78, 5) is 9.43. The highest BCUT2D eigenvalue weighted by Gasteiger charge is 2.44. The van der Waals surface area contributed by atoms with E-state index in [0.717, 1.165) is 20.8 Å². The zero-order valence-electron chi connectivity index (χ0n) is 15.0. The second kappa shape index (κ2) is 7.36. The van der Waals surface area contributed by atoms with Crippen LogP contribution in [-0.4, -0.2) is 33.9 Å². The molecule has 0 spiro atoms. The van der Waals surface area contributed by atoms with Crippen LogP contribution in [0.3, 0.4) is 0 Å². The van der Waals surface area contributed by atoms with Gasteiger partial charge in [0.05, 0.1) is 16.8 Å². The molecule has 28 heavy (non-hydrogen) atoms.